The van der Waals surface area contributed by atoms with Crippen molar-refractivity contribution in [3.05, 3.63) is 35.9 Å². The van der Waals surface area contributed by atoms with E-state index >= 15 is 0 Å². The Kier molecular flexibility index (Phi) is 3.92. The van der Waals surface area contributed by atoms with Gasteiger partial charge in [-0.2, -0.15) is 0 Å². The maximum atomic E-state index is 8.67. The third-order valence-corrected chi connectivity index (χ3v) is 1.70. The van der Waals surface area contributed by atoms with Gasteiger partial charge < -0.3 is 9.84 Å². The minimum absolute atomic E-state index is 0.0599. The molecule has 2 nitrogen and oxygen atoms in total. The van der Waals surface area contributed by atoms with E-state index in [0.29, 0.717) is 0 Å². The number of hydrogen-bond acceptors (Lipinski definition) is 2. The second-order valence-corrected chi connectivity index (χ2v) is 4.37. The van der Waals surface area contributed by atoms with Gasteiger partial charge in [0.2, 0.25) is 0 Å². The minimum atomic E-state index is -0.181. The first-order valence-corrected chi connectivity index (χ1v) is 5.08. The summed E-state index contributed by atoms with van der Waals surface area (Å²) in [6, 6.07) is 7.80. The molecule has 0 bridgehead atoms. The van der Waals surface area contributed by atoms with E-state index in [1.807, 2.05) is 51.1 Å². The molecule has 82 valence electrons. The van der Waals surface area contributed by atoms with Crippen LogP contribution in [-0.4, -0.2) is 17.3 Å². The molecule has 0 aliphatic rings. The first-order chi connectivity index (χ1) is 7.01. The lowest BCUT2D eigenvalue weighted by Gasteiger charge is -2.21. The van der Waals surface area contributed by atoms with Crippen molar-refractivity contribution in [3.8, 4) is 5.75 Å². The van der Waals surface area contributed by atoms with E-state index in [9.17, 15) is 0 Å². The van der Waals surface area contributed by atoms with E-state index < -0.39 is 0 Å². The standard InChI is InChI=1S/C13H18O2/c1-13(2,3)15-12-8-4-6-11(10-12)7-5-9-14/h4-8,10,14H,9H2,1-3H3/b7-5+. The van der Waals surface area contributed by atoms with Gasteiger partial charge in [0.25, 0.3) is 0 Å². The molecule has 0 unspecified atom stereocenters. The van der Waals surface area contributed by atoms with Crippen LogP contribution >= 0.6 is 0 Å². The largest absolute Gasteiger partial charge is 0.488 e. The van der Waals surface area contributed by atoms with E-state index in [1.54, 1.807) is 6.08 Å². The third-order valence-electron chi connectivity index (χ3n) is 1.70. The van der Waals surface area contributed by atoms with Gasteiger partial charge >= 0.3 is 0 Å². The molecule has 0 radical (unpaired) electrons. The average molecular weight is 206 g/mol. The molecular formula is C13H18O2. The van der Waals surface area contributed by atoms with E-state index in [2.05, 4.69) is 0 Å². The summed E-state index contributed by atoms with van der Waals surface area (Å²) in [5.41, 5.74) is 0.852. The van der Waals surface area contributed by atoms with Crippen LogP contribution in [0.25, 0.3) is 6.08 Å². The Bertz CT molecular complexity index is 335. The van der Waals surface area contributed by atoms with Crippen molar-refractivity contribution in [2.24, 2.45) is 0 Å². The highest BCUT2D eigenvalue weighted by molar-refractivity contribution is 5.51. The first-order valence-electron chi connectivity index (χ1n) is 5.08. The Balaban J connectivity index is 2.79. The molecule has 1 N–H and O–H groups in total. The topological polar surface area (TPSA) is 29.5 Å². The highest BCUT2D eigenvalue weighted by Gasteiger charge is 2.11. The molecule has 1 rings (SSSR count). The zero-order valence-electron chi connectivity index (χ0n) is 9.53. The number of aliphatic hydroxyl groups is 1. The molecular weight excluding hydrogens is 188 g/mol. The van der Waals surface area contributed by atoms with E-state index in [1.165, 1.54) is 0 Å². The molecule has 0 aromatic heterocycles. The van der Waals surface area contributed by atoms with Crippen molar-refractivity contribution in [1.82, 2.24) is 0 Å². The van der Waals surface area contributed by atoms with Crippen molar-refractivity contribution in [2.75, 3.05) is 6.61 Å². The lowest BCUT2D eigenvalue weighted by Crippen LogP contribution is -2.22. The molecule has 1 aromatic carbocycles. The van der Waals surface area contributed by atoms with Crippen LogP contribution in [0.3, 0.4) is 0 Å². The van der Waals surface area contributed by atoms with Crippen LogP contribution in [0.1, 0.15) is 26.3 Å². The SMILES string of the molecule is CC(C)(C)Oc1cccc(/C=C/CO)c1. The lowest BCUT2D eigenvalue weighted by atomic mass is 10.1. The van der Waals surface area contributed by atoms with Gasteiger partial charge in [-0.3, -0.25) is 0 Å². The number of benzene rings is 1. The lowest BCUT2D eigenvalue weighted by molar-refractivity contribution is 0.131. The quantitative estimate of drug-likeness (QED) is 0.824. The normalized spacial score (nSPS) is 12.0. The average Bonchev–Trinajstić information content (AvgIpc) is 2.12. The summed E-state index contributed by atoms with van der Waals surface area (Å²) in [5.74, 6) is 0.850. The van der Waals surface area contributed by atoms with Crippen molar-refractivity contribution in [3.63, 3.8) is 0 Å². The summed E-state index contributed by atoms with van der Waals surface area (Å²) in [6.07, 6.45) is 3.58. The fourth-order valence-electron chi connectivity index (χ4n) is 1.22. The molecule has 0 amide bonds. The summed E-state index contributed by atoms with van der Waals surface area (Å²) in [4.78, 5) is 0. The molecule has 0 atom stereocenters. The molecule has 15 heavy (non-hydrogen) atoms. The van der Waals surface area contributed by atoms with Gasteiger partial charge in [0.15, 0.2) is 0 Å². The fourth-order valence-corrected chi connectivity index (χ4v) is 1.22. The van der Waals surface area contributed by atoms with Crippen LogP contribution in [0, 0.1) is 0 Å². The second-order valence-electron chi connectivity index (χ2n) is 4.37. The van der Waals surface area contributed by atoms with Crippen LogP contribution in [0.4, 0.5) is 0 Å². The summed E-state index contributed by atoms with van der Waals surface area (Å²) in [6.45, 7) is 6.11. The Morgan fingerprint density at radius 1 is 1.33 bits per heavy atom. The molecule has 0 spiro atoms. The van der Waals surface area contributed by atoms with Crippen LogP contribution < -0.4 is 4.74 Å². The molecule has 1 aromatic rings. The van der Waals surface area contributed by atoms with Crippen molar-refractivity contribution < 1.29 is 9.84 Å². The van der Waals surface area contributed by atoms with Gasteiger partial charge in [0, 0.05) is 0 Å². The van der Waals surface area contributed by atoms with E-state index in [4.69, 9.17) is 9.84 Å². The summed E-state index contributed by atoms with van der Waals surface area (Å²) in [5, 5.41) is 8.67. The zero-order chi connectivity index (χ0) is 11.3. The van der Waals surface area contributed by atoms with Gasteiger partial charge in [-0.15, -0.1) is 0 Å². The summed E-state index contributed by atoms with van der Waals surface area (Å²) in [7, 11) is 0. The molecule has 0 heterocycles. The highest BCUT2D eigenvalue weighted by Crippen LogP contribution is 2.19. The van der Waals surface area contributed by atoms with Crippen LogP contribution in [0.5, 0.6) is 5.75 Å². The third kappa shape index (κ3) is 4.66. The fraction of sp³-hybridized carbons (Fsp3) is 0.385. The minimum Gasteiger partial charge on any atom is -0.488 e. The Hall–Kier alpha value is -1.28. The number of ether oxygens (including phenoxy) is 1. The Labute approximate surface area is 91.2 Å². The van der Waals surface area contributed by atoms with Crippen molar-refractivity contribution in [2.45, 2.75) is 26.4 Å². The second kappa shape index (κ2) is 4.99. The van der Waals surface area contributed by atoms with Crippen molar-refractivity contribution in [1.29, 1.82) is 0 Å². The predicted molar refractivity (Wildman–Crippen MR) is 62.9 cm³/mol. The Morgan fingerprint density at radius 3 is 2.67 bits per heavy atom. The highest BCUT2D eigenvalue weighted by atomic mass is 16.5. The number of hydrogen-bond donors (Lipinski definition) is 1. The van der Waals surface area contributed by atoms with Gasteiger partial charge in [0.05, 0.1) is 6.61 Å². The monoisotopic (exact) mass is 206 g/mol. The van der Waals surface area contributed by atoms with Crippen LogP contribution in [0.2, 0.25) is 0 Å². The summed E-state index contributed by atoms with van der Waals surface area (Å²) >= 11 is 0. The van der Waals surface area contributed by atoms with E-state index in [-0.39, 0.29) is 12.2 Å². The molecule has 2 heteroatoms. The number of aliphatic hydroxyl groups excluding tert-OH is 1. The number of rotatable bonds is 3. The van der Waals surface area contributed by atoms with Gasteiger partial charge in [-0.1, -0.05) is 24.3 Å². The molecule has 0 saturated carbocycles. The van der Waals surface area contributed by atoms with Gasteiger partial charge in [-0.05, 0) is 38.5 Å². The summed E-state index contributed by atoms with van der Waals surface area (Å²) < 4.78 is 5.73. The molecule has 0 aliphatic carbocycles. The van der Waals surface area contributed by atoms with Crippen LogP contribution in [0.15, 0.2) is 30.3 Å². The molecule has 0 aliphatic heterocycles. The smallest absolute Gasteiger partial charge is 0.120 e. The van der Waals surface area contributed by atoms with Gasteiger partial charge in [0.1, 0.15) is 11.4 Å². The molecule has 0 saturated heterocycles. The first kappa shape index (κ1) is 11.8. The van der Waals surface area contributed by atoms with Gasteiger partial charge in [-0.25, -0.2) is 0 Å². The Morgan fingerprint density at radius 2 is 2.07 bits per heavy atom. The maximum Gasteiger partial charge on any atom is 0.120 e. The van der Waals surface area contributed by atoms with Crippen molar-refractivity contribution >= 4 is 6.08 Å². The predicted octanol–water partition coefficient (Wildman–Crippen LogP) is 2.87. The van der Waals surface area contributed by atoms with Crippen LogP contribution in [-0.2, 0) is 0 Å². The maximum absolute atomic E-state index is 8.67. The molecule has 0 fully saturated rings. The zero-order valence-corrected chi connectivity index (χ0v) is 9.53. The van der Waals surface area contributed by atoms with E-state index in [0.717, 1.165) is 11.3 Å².